The molecule has 0 radical (unpaired) electrons. The summed E-state index contributed by atoms with van der Waals surface area (Å²) in [5.41, 5.74) is -0.972. The Morgan fingerprint density at radius 3 is 2.77 bits per heavy atom. The maximum atomic E-state index is 12.5. The highest BCUT2D eigenvalue weighted by Crippen LogP contribution is 2.34. The number of carbonyl (C=O) groups is 1. The average molecular weight is 357 g/mol. The van der Waals surface area contributed by atoms with E-state index < -0.39 is 23.0 Å². The van der Waals surface area contributed by atoms with Gasteiger partial charge in [-0.2, -0.15) is 13.2 Å². The molecule has 0 saturated carbocycles. The number of ether oxygens (including phenoxy) is 1. The van der Waals surface area contributed by atoms with Gasteiger partial charge in [-0.15, -0.1) is 0 Å². The SMILES string of the molecule is CCOC(=O)C(/C=N\OC)Sc1ncc(C(F)(F)F)cc1Cl. The van der Waals surface area contributed by atoms with E-state index in [0.717, 1.165) is 24.0 Å². The van der Waals surface area contributed by atoms with Crippen molar-refractivity contribution in [1.29, 1.82) is 0 Å². The fraction of sp³-hybridized carbons (Fsp3) is 0.417. The predicted octanol–water partition coefficient (Wildman–Crippen LogP) is 3.41. The van der Waals surface area contributed by atoms with E-state index >= 15 is 0 Å². The maximum Gasteiger partial charge on any atom is 0.417 e. The van der Waals surface area contributed by atoms with Crippen LogP contribution in [-0.4, -0.2) is 36.1 Å². The summed E-state index contributed by atoms with van der Waals surface area (Å²) in [5, 5.41) is 2.35. The Labute approximate surface area is 133 Å². The Balaban J connectivity index is 2.98. The van der Waals surface area contributed by atoms with E-state index in [1.165, 1.54) is 7.11 Å². The number of nitrogens with zero attached hydrogens (tertiary/aromatic N) is 2. The lowest BCUT2D eigenvalue weighted by atomic mass is 10.3. The molecule has 1 atom stereocenters. The van der Waals surface area contributed by atoms with Gasteiger partial charge in [-0.3, -0.25) is 4.79 Å². The number of alkyl halides is 3. The minimum Gasteiger partial charge on any atom is -0.465 e. The Morgan fingerprint density at radius 1 is 1.59 bits per heavy atom. The van der Waals surface area contributed by atoms with Crippen molar-refractivity contribution in [1.82, 2.24) is 4.98 Å². The van der Waals surface area contributed by atoms with Gasteiger partial charge in [0.25, 0.3) is 0 Å². The van der Waals surface area contributed by atoms with Crippen LogP contribution in [0, 0.1) is 0 Å². The van der Waals surface area contributed by atoms with Crippen molar-refractivity contribution in [2.45, 2.75) is 23.4 Å². The highest BCUT2D eigenvalue weighted by atomic mass is 35.5. The van der Waals surface area contributed by atoms with Gasteiger partial charge in [-0.05, 0) is 13.0 Å². The summed E-state index contributed by atoms with van der Waals surface area (Å²) in [6.07, 6.45) is -2.75. The maximum absolute atomic E-state index is 12.5. The Kier molecular flexibility index (Phi) is 6.95. The van der Waals surface area contributed by atoms with Crippen LogP contribution in [-0.2, 0) is 20.5 Å². The molecule has 0 fully saturated rings. The minimum atomic E-state index is -4.54. The number of pyridine rings is 1. The van der Waals surface area contributed by atoms with Gasteiger partial charge in [0.2, 0.25) is 0 Å². The molecule has 10 heteroatoms. The lowest BCUT2D eigenvalue weighted by molar-refractivity contribution is -0.141. The molecular weight excluding hydrogens is 345 g/mol. The van der Waals surface area contributed by atoms with E-state index in [4.69, 9.17) is 16.3 Å². The minimum absolute atomic E-state index is 0.0512. The van der Waals surface area contributed by atoms with Crippen LogP contribution in [0.15, 0.2) is 22.4 Å². The summed E-state index contributed by atoms with van der Waals surface area (Å²) < 4.78 is 42.5. The van der Waals surface area contributed by atoms with Gasteiger partial charge in [0, 0.05) is 6.20 Å². The van der Waals surface area contributed by atoms with E-state index in [-0.39, 0.29) is 16.7 Å². The number of carbonyl (C=O) groups excluding carboxylic acids is 1. The third-order valence-corrected chi connectivity index (χ3v) is 3.71. The van der Waals surface area contributed by atoms with Crippen LogP contribution in [0.5, 0.6) is 0 Å². The first-order chi connectivity index (χ1) is 10.3. The normalized spacial score (nSPS) is 13.2. The summed E-state index contributed by atoms with van der Waals surface area (Å²) >= 11 is 6.59. The van der Waals surface area contributed by atoms with E-state index in [2.05, 4.69) is 15.0 Å². The van der Waals surface area contributed by atoms with Gasteiger partial charge >= 0.3 is 12.1 Å². The van der Waals surface area contributed by atoms with Crippen molar-refractivity contribution >= 4 is 35.5 Å². The van der Waals surface area contributed by atoms with Crippen LogP contribution >= 0.6 is 23.4 Å². The third-order valence-electron chi connectivity index (χ3n) is 2.19. The van der Waals surface area contributed by atoms with Crippen molar-refractivity contribution in [2.75, 3.05) is 13.7 Å². The average Bonchev–Trinajstić information content (AvgIpc) is 2.44. The molecule has 0 bridgehead atoms. The van der Waals surface area contributed by atoms with Gasteiger partial charge in [0.05, 0.1) is 23.4 Å². The molecule has 1 aromatic rings. The van der Waals surface area contributed by atoms with E-state index in [9.17, 15) is 18.0 Å². The van der Waals surface area contributed by atoms with Gasteiger partial charge < -0.3 is 9.57 Å². The fourth-order valence-corrected chi connectivity index (χ4v) is 2.37. The molecule has 1 heterocycles. The summed E-state index contributed by atoms with van der Waals surface area (Å²) in [7, 11) is 1.28. The number of rotatable bonds is 6. The topological polar surface area (TPSA) is 60.8 Å². The first-order valence-corrected chi connectivity index (χ1v) is 7.18. The van der Waals surface area contributed by atoms with Gasteiger partial charge in [-0.1, -0.05) is 28.5 Å². The zero-order chi connectivity index (χ0) is 16.8. The Bertz CT molecular complexity index is 555. The predicted molar refractivity (Wildman–Crippen MR) is 76.0 cm³/mol. The molecule has 0 aliphatic rings. The number of thioether (sulfide) groups is 1. The number of hydrogen-bond donors (Lipinski definition) is 0. The highest BCUT2D eigenvalue weighted by molar-refractivity contribution is 8.01. The molecule has 0 amide bonds. The van der Waals surface area contributed by atoms with Crippen LogP contribution in [0.1, 0.15) is 12.5 Å². The summed E-state index contributed by atoms with van der Waals surface area (Å²) in [4.78, 5) is 19.9. The standard InChI is InChI=1S/C12H12ClF3N2O3S/c1-3-21-11(19)9(6-18-20-2)22-10-8(13)4-7(5-17-10)12(14,15)16/h4-6,9H,3H2,1-2H3/b18-6-. The molecule has 0 N–H and O–H groups in total. The van der Waals surface area contributed by atoms with Gasteiger partial charge in [0.15, 0.2) is 0 Å². The monoisotopic (exact) mass is 356 g/mol. The smallest absolute Gasteiger partial charge is 0.417 e. The van der Waals surface area contributed by atoms with Crippen LogP contribution in [0.25, 0.3) is 0 Å². The van der Waals surface area contributed by atoms with E-state index in [0.29, 0.717) is 6.20 Å². The molecule has 0 aliphatic heterocycles. The first-order valence-electron chi connectivity index (χ1n) is 5.92. The van der Waals surface area contributed by atoms with Crippen LogP contribution < -0.4 is 0 Å². The lowest BCUT2D eigenvalue weighted by Gasteiger charge is -2.12. The summed E-state index contributed by atoms with van der Waals surface area (Å²) in [6.45, 7) is 1.77. The molecule has 22 heavy (non-hydrogen) atoms. The van der Waals surface area contributed by atoms with Crippen molar-refractivity contribution in [3.63, 3.8) is 0 Å². The molecule has 0 saturated heterocycles. The van der Waals surface area contributed by atoms with Crippen molar-refractivity contribution in [2.24, 2.45) is 5.16 Å². The van der Waals surface area contributed by atoms with E-state index in [1.54, 1.807) is 6.92 Å². The number of hydrogen-bond acceptors (Lipinski definition) is 6. The van der Waals surface area contributed by atoms with Gasteiger partial charge in [0.1, 0.15) is 17.4 Å². The zero-order valence-electron chi connectivity index (χ0n) is 11.6. The van der Waals surface area contributed by atoms with Crippen LogP contribution in [0.2, 0.25) is 5.02 Å². The first kappa shape index (κ1) is 18.6. The quantitative estimate of drug-likeness (QED) is 0.338. The highest BCUT2D eigenvalue weighted by Gasteiger charge is 2.32. The molecule has 1 unspecified atom stereocenters. The fourth-order valence-electron chi connectivity index (χ4n) is 1.27. The third kappa shape index (κ3) is 5.38. The second-order valence-electron chi connectivity index (χ2n) is 3.74. The lowest BCUT2D eigenvalue weighted by Crippen LogP contribution is -2.22. The zero-order valence-corrected chi connectivity index (χ0v) is 13.1. The number of halogens is 4. The van der Waals surface area contributed by atoms with Crippen molar-refractivity contribution in [3.05, 3.63) is 22.8 Å². The molecule has 0 spiro atoms. The molecule has 1 aromatic heterocycles. The largest absolute Gasteiger partial charge is 0.465 e. The molecule has 122 valence electrons. The second-order valence-corrected chi connectivity index (χ2v) is 5.27. The number of aromatic nitrogens is 1. The molecular formula is C12H12ClF3N2O3S. The molecule has 0 aromatic carbocycles. The van der Waals surface area contributed by atoms with Crippen LogP contribution in [0.4, 0.5) is 13.2 Å². The molecule has 1 rings (SSSR count). The Hall–Kier alpha value is -1.48. The van der Waals surface area contributed by atoms with Crippen LogP contribution in [0.3, 0.4) is 0 Å². The van der Waals surface area contributed by atoms with Crippen molar-refractivity contribution < 1.29 is 27.5 Å². The number of oxime groups is 1. The van der Waals surface area contributed by atoms with Gasteiger partial charge in [-0.25, -0.2) is 4.98 Å². The second kappa shape index (κ2) is 8.23. The number of esters is 1. The Morgan fingerprint density at radius 2 is 2.27 bits per heavy atom. The molecule has 5 nitrogen and oxygen atoms in total. The summed E-state index contributed by atoms with van der Waals surface area (Å²) in [5.74, 6) is -0.633. The molecule has 0 aliphatic carbocycles. The van der Waals surface area contributed by atoms with E-state index in [1.807, 2.05) is 0 Å². The summed E-state index contributed by atoms with van der Waals surface area (Å²) in [6, 6.07) is 0.743. The van der Waals surface area contributed by atoms with Crippen molar-refractivity contribution in [3.8, 4) is 0 Å².